The Hall–Kier alpha value is -1.58. The average molecular weight is 386 g/mol. The topological polar surface area (TPSA) is 92.8 Å². The zero-order chi connectivity index (χ0) is 18.6. The lowest BCUT2D eigenvalue weighted by molar-refractivity contribution is -0.124. The van der Waals surface area contributed by atoms with Crippen molar-refractivity contribution in [2.75, 3.05) is 18.7 Å². The van der Waals surface area contributed by atoms with Crippen molar-refractivity contribution in [2.45, 2.75) is 37.2 Å². The number of rotatable bonds is 6. The first-order valence-corrected chi connectivity index (χ1v) is 10.5. The molecule has 138 valence electrons. The fraction of sp³-hybridized carbons (Fsp3) is 0.500. The van der Waals surface area contributed by atoms with Gasteiger partial charge in [0.2, 0.25) is 15.9 Å². The molecule has 2 rings (SSSR count). The summed E-state index contributed by atoms with van der Waals surface area (Å²) in [6.07, 6.45) is 0.771. The van der Waals surface area contributed by atoms with Gasteiger partial charge in [-0.15, -0.1) is 11.8 Å². The van der Waals surface area contributed by atoms with Gasteiger partial charge < -0.3 is 10.1 Å². The fourth-order valence-corrected chi connectivity index (χ4v) is 5.48. The van der Waals surface area contributed by atoms with Crippen molar-refractivity contribution >= 4 is 33.7 Å². The Balaban J connectivity index is 2.22. The molecule has 1 aliphatic heterocycles. The molecule has 0 aromatic heterocycles. The predicted molar refractivity (Wildman–Crippen MR) is 95.8 cm³/mol. The monoisotopic (exact) mass is 386 g/mol. The molecule has 1 fully saturated rings. The molecule has 1 N–H and O–H groups in total. The van der Waals surface area contributed by atoms with Crippen LogP contribution < -0.4 is 5.32 Å². The third kappa shape index (κ3) is 4.34. The molecule has 1 aromatic carbocycles. The van der Waals surface area contributed by atoms with Gasteiger partial charge in [-0.3, -0.25) is 4.79 Å². The molecule has 2 atom stereocenters. The Kier molecular flexibility index (Phi) is 6.47. The summed E-state index contributed by atoms with van der Waals surface area (Å²) in [6, 6.07) is 4.76. The third-order valence-corrected chi connectivity index (χ3v) is 7.07. The van der Waals surface area contributed by atoms with E-state index in [0.29, 0.717) is 5.75 Å². The number of esters is 1. The number of hydrogen-bond acceptors (Lipinski definition) is 6. The molecule has 0 saturated carbocycles. The summed E-state index contributed by atoms with van der Waals surface area (Å²) in [6.45, 7) is 3.83. The van der Waals surface area contributed by atoms with Crippen molar-refractivity contribution in [1.29, 1.82) is 0 Å². The molecular formula is C16H22N2O5S2. The number of benzene rings is 1. The lowest BCUT2D eigenvalue weighted by atomic mass is 10.2. The van der Waals surface area contributed by atoms with E-state index in [0.717, 1.165) is 6.42 Å². The SMILES string of the molecule is CC[C@@H](C)NC(=O)[C@H]1CSCN1S(=O)(=O)c1ccc(C(=O)OC)cc1. The van der Waals surface area contributed by atoms with Gasteiger partial charge in [-0.05, 0) is 37.6 Å². The number of carbonyl (C=O) groups is 2. The second kappa shape index (κ2) is 8.20. The molecule has 1 aromatic rings. The van der Waals surface area contributed by atoms with Crippen molar-refractivity contribution in [3.63, 3.8) is 0 Å². The molecule has 0 bridgehead atoms. The van der Waals surface area contributed by atoms with Crippen LogP contribution in [0, 0.1) is 0 Å². The van der Waals surface area contributed by atoms with Gasteiger partial charge in [-0.2, -0.15) is 4.31 Å². The Labute approximate surface area is 152 Å². The standard InChI is InChI=1S/C16H22N2O5S2/c1-4-11(2)17-15(19)14-9-24-10-18(14)25(21,22)13-7-5-12(6-8-13)16(20)23-3/h5-8,11,14H,4,9-10H2,1-3H3,(H,17,19)/t11-,14-/m1/s1. The number of hydrogen-bond donors (Lipinski definition) is 1. The summed E-state index contributed by atoms with van der Waals surface area (Å²) in [5.41, 5.74) is 0.267. The highest BCUT2D eigenvalue weighted by molar-refractivity contribution is 8.00. The highest BCUT2D eigenvalue weighted by Crippen LogP contribution is 2.28. The summed E-state index contributed by atoms with van der Waals surface area (Å²) < 4.78 is 31.6. The molecule has 25 heavy (non-hydrogen) atoms. The lowest BCUT2D eigenvalue weighted by Gasteiger charge is -2.24. The molecule has 1 heterocycles. The molecule has 0 radical (unpaired) electrons. The van der Waals surface area contributed by atoms with Crippen LogP contribution in [0.25, 0.3) is 0 Å². The fourth-order valence-electron chi connectivity index (χ4n) is 2.33. The van der Waals surface area contributed by atoms with Gasteiger partial charge in [-0.25, -0.2) is 13.2 Å². The Morgan fingerprint density at radius 3 is 2.56 bits per heavy atom. The number of sulfonamides is 1. The van der Waals surface area contributed by atoms with Gasteiger partial charge in [0, 0.05) is 11.8 Å². The number of amides is 1. The first-order valence-electron chi connectivity index (χ1n) is 7.89. The van der Waals surface area contributed by atoms with Crippen molar-refractivity contribution in [1.82, 2.24) is 9.62 Å². The van der Waals surface area contributed by atoms with E-state index < -0.39 is 22.0 Å². The normalized spacial score (nSPS) is 19.4. The molecule has 1 saturated heterocycles. The molecule has 0 spiro atoms. The zero-order valence-corrected chi connectivity index (χ0v) is 16.0. The smallest absolute Gasteiger partial charge is 0.337 e. The van der Waals surface area contributed by atoms with Gasteiger partial charge in [0.05, 0.1) is 23.4 Å². The highest BCUT2D eigenvalue weighted by atomic mass is 32.2. The Morgan fingerprint density at radius 2 is 2.00 bits per heavy atom. The minimum atomic E-state index is -3.83. The Morgan fingerprint density at radius 1 is 1.36 bits per heavy atom. The third-order valence-electron chi connectivity index (χ3n) is 4.03. The van der Waals surface area contributed by atoms with Crippen LogP contribution in [0.15, 0.2) is 29.2 Å². The van der Waals surface area contributed by atoms with Crippen molar-refractivity contribution in [3.8, 4) is 0 Å². The average Bonchev–Trinajstić information content (AvgIpc) is 3.11. The first-order chi connectivity index (χ1) is 11.8. The lowest BCUT2D eigenvalue weighted by Crippen LogP contribution is -2.49. The summed E-state index contributed by atoms with van der Waals surface area (Å²) in [5, 5.41) is 2.84. The number of carbonyl (C=O) groups excluding carboxylic acids is 2. The molecule has 1 aliphatic rings. The number of thioether (sulfide) groups is 1. The van der Waals surface area contributed by atoms with Crippen LogP contribution in [-0.2, 0) is 19.6 Å². The summed E-state index contributed by atoms with van der Waals surface area (Å²) in [7, 11) is -2.57. The molecule has 0 aliphatic carbocycles. The maximum atomic E-state index is 12.9. The molecule has 0 unspecified atom stereocenters. The van der Waals surface area contributed by atoms with E-state index in [-0.39, 0.29) is 28.3 Å². The van der Waals surface area contributed by atoms with Crippen molar-refractivity contribution in [2.24, 2.45) is 0 Å². The molecular weight excluding hydrogens is 364 g/mol. The van der Waals surface area contributed by atoms with Crippen LogP contribution in [0.5, 0.6) is 0 Å². The molecule has 9 heteroatoms. The van der Waals surface area contributed by atoms with E-state index >= 15 is 0 Å². The van der Waals surface area contributed by atoms with E-state index in [1.807, 2.05) is 13.8 Å². The molecule has 1 amide bonds. The van der Waals surface area contributed by atoms with Gasteiger partial charge in [-0.1, -0.05) is 6.92 Å². The van der Waals surface area contributed by atoms with Gasteiger partial charge in [0.15, 0.2) is 0 Å². The quantitative estimate of drug-likeness (QED) is 0.744. The summed E-state index contributed by atoms with van der Waals surface area (Å²) in [4.78, 5) is 23.9. The zero-order valence-electron chi connectivity index (χ0n) is 14.4. The van der Waals surface area contributed by atoms with E-state index in [9.17, 15) is 18.0 Å². The minimum Gasteiger partial charge on any atom is -0.465 e. The van der Waals surface area contributed by atoms with Gasteiger partial charge in [0.1, 0.15) is 6.04 Å². The Bertz CT molecular complexity index is 733. The number of ether oxygens (including phenoxy) is 1. The van der Waals surface area contributed by atoms with Crippen LogP contribution >= 0.6 is 11.8 Å². The maximum Gasteiger partial charge on any atom is 0.337 e. The van der Waals surface area contributed by atoms with Crippen LogP contribution in [0.2, 0.25) is 0 Å². The van der Waals surface area contributed by atoms with Crippen LogP contribution in [0.1, 0.15) is 30.6 Å². The van der Waals surface area contributed by atoms with E-state index in [1.165, 1.54) is 47.4 Å². The van der Waals surface area contributed by atoms with Crippen LogP contribution in [0.3, 0.4) is 0 Å². The van der Waals surface area contributed by atoms with Crippen LogP contribution in [0.4, 0.5) is 0 Å². The highest BCUT2D eigenvalue weighted by Gasteiger charge is 2.40. The van der Waals surface area contributed by atoms with Crippen LogP contribution in [-0.4, -0.2) is 55.4 Å². The maximum absolute atomic E-state index is 12.9. The second-order valence-electron chi connectivity index (χ2n) is 5.74. The minimum absolute atomic E-state index is 0.0120. The van der Waals surface area contributed by atoms with E-state index in [4.69, 9.17) is 0 Å². The number of nitrogens with one attached hydrogen (secondary N) is 1. The summed E-state index contributed by atoms with van der Waals surface area (Å²) in [5.74, 6) is -0.179. The number of methoxy groups -OCH3 is 1. The molecule has 7 nitrogen and oxygen atoms in total. The van der Waals surface area contributed by atoms with Crippen molar-refractivity contribution < 1.29 is 22.7 Å². The largest absolute Gasteiger partial charge is 0.465 e. The number of nitrogens with zero attached hydrogens (tertiary/aromatic N) is 1. The second-order valence-corrected chi connectivity index (χ2v) is 8.63. The summed E-state index contributed by atoms with van der Waals surface area (Å²) >= 11 is 1.40. The van der Waals surface area contributed by atoms with Gasteiger partial charge >= 0.3 is 5.97 Å². The first kappa shape index (κ1) is 19.7. The van der Waals surface area contributed by atoms with E-state index in [1.54, 1.807) is 0 Å². The van der Waals surface area contributed by atoms with E-state index in [2.05, 4.69) is 10.1 Å². The predicted octanol–water partition coefficient (Wildman–Crippen LogP) is 1.45. The van der Waals surface area contributed by atoms with Gasteiger partial charge in [0.25, 0.3) is 0 Å². The van der Waals surface area contributed by atoms with Crippen molar-refractivity contribution in [3.05, 3.63) is 29.8 Å².